The largest absolute Gasteiger partial charge is 0.497 e. The van der Waals surface area contributed by atoms with Crippen molar-refractivity contribution in [3.63, 3.8) is 0 Å². The van der Waals surface area contributed by atoms with Gasteiger partial charge in [-0.15, -0.1) is 0 Å². The molecule has 0 aromatic heterocycles. The number of methoxy groups -OCH3 is 2. The number of benzene rings is 2. The highest BCUT2D eigenvalue weighted by Crippen LogP contribution is 2.60. The number of aliphatic hydroxyl groups excluding tert-OH is 1. The standard InChI is InChI=1S/C33H44N2O7Si/c1-22-31(43(4,5)25-14-12-24(40-2)13-15-25)28(17-20-36)42-33(22)26-21-23(34-19-8-9-29(34)37)11-16-27(26)35(32(33)39)18-7-6-10-30(38)41-3/h11-16,21-22,28,31,36H,6-10,17-20H2,1-5H3/t22-,28+,31-,33+/m0/s1. The number of hydrogen-bond donors (Lipinski definition) is 1. The summed E-state index contributed by atoms with van der Waals surface area (Å²) >= 11 is 0. The number of rotatable bonds is 11. The molecular formula is C33H44N2O7Si. The van der Waals surface area contributed by atoms with E-state index in [1.54, 1.807) is 16.9 Å². The van der Waals surface area contributed by atoms with Crippen molar-refractivity contribution in [2.75, 3.05) is 43.7 Å². The summed E-state index contributed by atoms with van der Waals surface area (Å²) < 4.78 is 17.2. The van der Waals surface area contributed by atoms with Gasteiger partial charge in [0.05, 0.1) is 34.1 Å². The van der Waals surface area contributed by atoms with Crippen molar-refractivity contribution in [1.82, 2.24) is 0 Å². The number of aliphatic hydroxyl groups is 1. The van der Waals surface area contributed by atoms with E-state index in [-0.39, 0.29) is 42.0 Å². The molecule has 9 nitrogen and oxygen atoms in total. The minimum atomic E-state index is -2.29. The van der Waals surface area contributed by atoms with Crippen molar-refractivity contribution >= 4 is 42.4 Å². The number of unbranched alkanes of at least 4 members (excludes halogenated alkanes) is 1. The summed E-state index contributed by atoms with van der Waals surface area (Å²) in [4.78, 5) is 42.7. The third kappa shape index (κ3) is 5.38. The second kappa shape index (κ2) is 12.4. The van der Waals surface area contributed by atoms with E-state index in [2.05, 4.69) is 32.2 Å². The van der Waals surface area contributed by atoms with Crippen LogP contribution in [-0.2, 0) is 29.5 Å². The van der Waals surface area contributed by atoms with E-state index in [0.717, 1.165) is 29.1 Å². The van der Waals surface area contributed by atoms with Gasteiger partial charge >= 0.3 is 5.97 Å². The fraction of sp³-hybridized carbons (Fsp3) is 0.545. The summed E-state index contributed by atoms with van der Waals surface area (Å²) in [6.45, 7) is 7.80. The summed E-state index contributed by atoms with van der Waals surface area (Å²) in [6.07, 6.45) is 2.95. The molecule has 4 atom stereocenters. The Morgan fingerprint density at radius 3 is 2.49 bits per heavy atom. The molecule has 0 unspecified atom stereocenters. The number of fused-ring (bicyclic) bond motifs is 2. The Labute approximate surface area is 255 Å². The summed E-state index contributed by atoms with van der Waals surface area (Å²) in [7, 11) is 0.743. The lowest BCUT2D eigenvalue weighted by atomic mass is 9.82. The molecule has 43 heavy (non-hydrogen) atoms. The Balaban J connectivity index is 1.57. The lowest BCUT2D eigenvalue weighted by Crippen LogP contribution is -2.52. The maximum Gasteiger partial charge on any atom is 0.305 e. The molecule has 1 spiro atoms. The Morgan fingerprint density at radius 1 is 1.12 bits per heavy atom. The van der Waals surface area contributed by atoms with Crippen molar-refractivity contribution in [2.45, 2.75) is 75.8 Å². The van der Waals surface area contributed by atoms with Crippen LogP contribution >= 0.6 is 0 Å². The van der Waals surface area contributed by atoms with Crippen molar-refractivity contribution in [2.24, 2.45) is 5.92 Å². The number of esters is 1. The molecule has 0 aliphatic carbocycles. The summed E-state index contributed by atoms with van der Waals surface area (Å²) in [5, 5.41) is 11.4. The van der Waals surface area contributed by atoms with Crippen LogP contribution < -0.4 is 19.7 Å². The first-order valence-corrected chi connectivity index (χ1v) is 18.4. The molecule has 2 aromatic rings. The summed E-state index contributed by atoms with van der Waals surface area (Å²) in [5.74, 6) is 0.311. The van der Waals surface area contributed by atoms with E-state index in [1.165, 1.54) is 12.3 Å². The summed E-state index contributed by atoms with van der Waals surface area (Å²) in [5.41, 5.74) is 1.15. The van der Waals surface area contributed by atoms with Gasteiger partial charge in [0, 0.05) is 49.7 Å². The molecule has 2 saturated heterocycles. The molecule has 10 heteroatoms. The summed E-state index contributed by atoms with van der Waals surface area (Å²) in [6, 6.07) is 14.1. The normalized spacial score (nSPS) is 25.1. The van der Waals surface area contributed by atoms with Gasteiger partial charge in [-0.1, -0.05) is 37.3 Å². The van der Waals surface area contributed by atoms with E-state index >= 15 is 0 Å². The van der Waals surface area contributed by atoms with Crippen LogP contribution in [0, 0.1) is 5.92 Å². The fourth-order valence-corrected chi connectivity index (χ4v) is 11.7. The fourth-order valence-electron chi connectivity index (χ4n) is 7.65. The first kappa shape index (κ1) is 31.2. The van der Waals surface area contributed by atoms with E-state index in [0.29, 0.717) is 45.2 Å². The van der Waals surface area contributed by atoms with Crippen LogP contribution in [0.2, 0.25) is 18.6 Å². The zero-order valence-electron chi connectivity index (χ0n) is 25.9. The van der Waals surface area contributed by atoms with Gasteiger partial charge in [-0.2, -0.15) is 0 Å². The third-order valence-electron chi connectivity index (χ3n) is 9.86. The lowest BCUT2D eigenvalue weighted by Gasteiger charge is -2.37. The topological polar surface area (TPSA) is 106 Å². The average Bonchev–Trinajstić information content (AvgIpc) is 3.64. The molecule has 232 valence electrons. The molecule has 0 radical (unpaired) electrons. The highest BCUT2D eigenvalue weighted by Gasteiger charge is 2.66. The number of nitrogens with zero attached hydrogens (tertiary/aromatic N) is 2. The monoisotopic (exact) mass is 608 g/mol. The highest BCUT2D eigenvalue weighted by molar-refractivity contribution is 6.91. The maximum atomic E-state index is 14.7. The van der Waals surface area contributed by atoms with E-state index in [1.807, 2.05) is 30.3 Å². The molecule has 3 aliphatic rings. The zero-order valence-corrected chi connectivity index (χ0v) is 26.9. The van der Waals surface area contributed by atoms with Crippen molar-refractivity contribution in [1.29, 1.82) is 0 Å². The van der Waals surface area contributed by atoms with Crippen LogP contribution in [0.1, 0.15) is 51.0 Å². The third-order valence-corrected chi connectivity index (χ3v) is 14.2. The molecular weight excluding hydrogens is 564 g/mol. The van der Waals surface area contributed by atoms with Gasteiger partial charge in [0.25, 0.3) is 5.91 Å². The molecule has 2 amide bonds. The molecule has 3 aliphatic heterocycles. The van der Waals surface area contributed by atoms with Crippen molar-refractivity contribution in [3.8, 4) is 5.75 Å². The maximum absolute atomic E-state index is 14.7. The number of carbonyl (C=O) groups excluding carboxylic acids is 3. The average molecular weight is 609 g/mol. The number of anilines is 2. The van der Waals surface area contributed by atoms with Gasteiger partial charge in [-0.05, 0) is 61.6 Å². The number of hydrogen-bond acceptors (Lipinski definition) is 7. The number of amides is 2. The van der Waals surface area contributed by atoms with Gasteiger partial charge < -0.3 is 29.1 Å². The highest BCUT2D eigenvalue weighted by atomic mass is 28.3. The molecule has 2 fully saturated rings. The van der Waals surface area contributed by atoms with E-state index in [4.69, 9.17) is 14.2 Å². The van der Waals surface area contributed by atoms with Gasteiger partial charge in [0.2, 0.25) is 5.91 Å². The van der Waals surface area contributed by atoms with Gasteiger partial charge in [-0.25, -0.2) is 0 Å². The zero-order chi connectivity index (χ0) is 30.9. The van der Waals surface area contributed by atoms with Crippen LogP contribution in [0.4, 0.5) is 11.4 Å². The molecule has 0 saturated carbocycles. The lowest BCUT2D eigenvalue weighted by molar-refractivity contribution is -0.146. The minimum Gasteiger partial charge on any atom is -0.497 e. The van der Waals surface area contributed by atoms with E-state index in [9.17, 15) is 19.5 Å². The van der Waals surface area contributed by atoms with Crippen molar-refractivity contribution < 1.29 is 33.7 Å². The Kier molecular flexibility index (Phi) is 9.01. The van der Waals surface area contributed by atoms with Crippen LogP contribution in [-0.4, -0.2) is 71.0 Å². The Hall–Kier alpha value is -3.21. The van der Waals surface area contributed by atoms with Crippen molar-refractivity contribution in [3.05, 3.63) is 48.0 Å². The smallest absolute Gasteiger partial charge is 0.305 e. The molecule has 1 N–H and O–H groups in total. The second-order valence-electron chi connectivity index (χ2n) is 12.5. The van der Waals surface area contributed by atoms with Crippen LogP contribution in [0.3, 0.4) is 0 Å². The van der Waals surface area contributed by atoms with E-state index < -0.39 is 13.7 Å². The Bertz CT molecular complexity index is 1360. The van der Waals surface area contributed by atoms with Gasteiger partial charge in [0.1, 0.15) is 5.75 Å². The molecule has 5 rings (SSSR count). The van der Waals surface area contributed by atoms with Crippen LogP contribution in [0.15, 0.2) is 42.5 Å². The SMILES string of the molecule is COC(=O)CCCCN1C(=O)[C@]2(O[C@H](CCO)[C@@H]([Si](C)(C)c3ccc(OC)cc3)[C@@H]2C)c2cc(N3CCCC3=O)ccc21. The molecule has 3 heterocycles. The molecule has 2 aromatic carbocycles. The Morgan fingerprint density at radius 2 is 1.86 bits per heavy atom. The van der Waals surface area contributed by atoms with Crippen LogP contribution in [0.5, 0.6) is 5.75 Å². The van der Waals surface area contributed by atoms with Gasteiger partial charge in [0.15, 0.2) is 5.60 Å². The quantitative estimate of drug-likeness (QED) is 0.233. The number of carbonyl (C=O) groups is 3. The predicted molar refractivity (Wildman–Crippen MR) is 168 cm³/mol. The minimum absolute atomic E-state index is 0.0289. The predicted octanol–water partition coefficient (Wildman–Crippen LogP) is 4.11. The first-order valence-electron chi connectivity index (χ1n) is 15.4. The number of ether oxygens (including phenoxy) is 3. The molecule has 0 bridgehead atoms. The second-order valence-corrected chi connectivity index (χ2v) is 17.2. The van der Waals surface area contributed by atoms with Gasteiger partial charge in [-0.3, -0.25) is 14.4 Å². The first-order chi connectivity index (χ1) is 20.6. The van der Waals surface area contributed by atoms with Crippen LogP contribution in [0.25, 0.3) is 0 Å².